The van der Waals surface area contributed by atoms with E-state index in [9.17, 15) is 5.11 Å². The first kappa shape index (κ1) is 24.4. The van der Waals surface area contributed by atoms with E-state index in [-0.39, 0.29) is 6.10 Å². The van der Waals surface area contributed by atoms with Crippen molar-refractivity contribution in [2.24, 2.45) is 0 Å². The highest BCUT2D eigenvalue weighted by molar-refractivity contribution is 9.09. The summed E-state index contributed by atoms with van der Waals surface area (Å²) in [7, 11) is 4.46. The molecular formula is C21H45BrNO+. The minimum atomic E-state index is -0.216. The lowest BCUT2D eigenvalue weighted by Gasteiger charge is -2.31. The Balaban J connectivity index is 3.25. The number of hydrogen-bond donors (Lipinski definition) is 1. The molecule has 0 spiro atoms. The fourth-order valence-electron chi connectivity index (χ4n) is 3.44. The summed E-state index contributed by atoms with van der Waals surface area (Å²) in [5, 5.41) is 10.4. The third kappa shape index (κ3) is 17.2. The maximum absolute atomic E-state index is 9.75. The zero-order valence-electron chi connectivity index (χ0n) is 16.9. The van der Waals surface area contributed by atoms with Crippen LogP contribution in [0.15, 0.2) is 0 Å². The summed E-state index contributed by atoms with van der Waals surface area (Å²) in [6.45, 7) is 4.32. The largest absolute Gasteiger partial charge is 0.386 e. The van der Waals surface area contributed by atoms with Gasteiger partial charge >= 0.3 is 0 Å². The monoisotopic (exact) mass is 406 g/mol. The average molecular weight is 408 g/mol. The van der Waals surface area contributed by atoms with Crippen LogP contribution in [0.1, 0.15) is 96.8 Å². The van der Waals surface area contributed by atoms with Crippen molar-refractivity contribution in [1.29, 1.82) is 0 Å². The highest BCUT2D eigenvalue weighted by atomic mass is 79.9. The van der Waals surface area contributed by atoms with E-state index >= 15 is 0 Å². The molecule has 1 atom stereocenters. The molecule has 0 aromatic carbocycles. The number of likely N-dealkylation sites (N-methyl/N-ethyl adjacent to an activating group) is 1. The molecule has 0 aliphatic heterocycles. The van der Waals surface area contributed by atoms with Crippen LogP contribution in [-0.4, -0.2) is 48.2 Å². The number of halogens is 1. The second-order valence-electron chi connectivity index (χ2n) is 8.25. The highest BCUT2D eigenvalue weighted by Gasteiger charge is 2.18. The van der Waals surface area contributed by atoms with Crippen LogP contribution in [0.4, 0.5) is 0 Å². The summed E-state index contributed by atoms with van der Waals surface area (Å²) in [6.07, 6.45) is 19.6. The SMILES string of the molecule is CCCCCCCCCCCCCCCC[N+](C)(C)CC(O)CBr. The first-order valence-corrected chi connectivity index (χ1v) is 11.7. The van der Waals surface area contributed by atoms with Gasteiger partial charge in [-0.25, -0.2) is 0 Å². The molecule has 0 amide bonds. The minimum absolute atomic E-state index is 0.216. The van der Waals surface area contributed by atoms with Crippen molar-refractivity contribution in [3.05, 3.63) is 0 Å². The highest BCUT2D eigenvalue weighted by Crippen LogP contribution is 2.13. The number of aliphatic hydroxyl groups is 1. The standard InChI is InChI=1S/C21H45BrNO/c1-4-5-6-7-8-9-10-11-12-13-14-15-16-17-18-23(2,3)20-21(24)19-22/h21,24H,4-20H2,1-3H3/q+1. The fraction of sp³-hybridized carbons (Fsp3) is 1.00. The quantitative estimate of drug-likeness (QED) is 0.161. The molecule has 0 bridgehead atoms. The Bertz CT molecular complexity index is 258. The zero-order chi connectivity index (χ0) is 18.1. The van der Waals surface area contributed by atoms with Gasteiger partial charge in [-0.15, -0.1) is 0 Å². The van der Waals surface area contributed by atoms with E-state index in [1.54, 1.807) is 0 Å². The summed E-state index contributed by atoms with van der Waals surface area (Å²) in [5.74, 6) is 0. The van der Waals surface area contributed by atoms with Crippen molar-refractivity contribution in [2.75, 3.05) is 32.5 Å². The summed E-state index contributed by atoms with van der Waals surface area (Å²) in [5.41, 5.74) is 0. The molecule has 0 fully saturated rings. The molecule has 0 radical (unpaired) electrons. The first-order valence-electron chi connectivity index (χ1n) is 10.6. The molecule has 0 saturated carbocycles. The average Bonchev–Trinajstić information content (AvgIpc) is 2.54. The zero-order valence-corrected chi connectivity index (χ0v) is 18.5. The molecule has 0 aliphatic carbocycles. The van der Waals surface area contributed by atoms with Gasteiger partial charge in [0.05, 0.1) is 20.6 Å². The van der Waals surface area contributed by atoms with Crippen LogP contribution in [0.5, 0.6) is 0 Å². The predicted octanol–water partition coefficient (Wildman–Crippen LogP) is 6.30. The summed E-state index contributed by atoms with van der Waals surface area (Å²) < 4.78 is 0.936. The molecule has 3 heteroatoms. The van der Waals surface area contributed by atoms with Crippen LogP contribution in [0.2, 0.25) is 0 Å². The van der Waals surface area contributed by atoms with E-state index in [1.807, 2.05) is 0 Å². The van der Waals surface area contributed by atoms with Gasteiger partial charge in [-0.05, 0) is 12.8 Å². The van der Waals surface area contributed by atoms with E-state index in [0.717, 1.165) is 11.0 Å². The number of quaternary nitrogens is 1. The van der Waals surface area contributed by atoms with Crippen LogP contribution >= 0.6 is 15.9 Å². The lowest BCUT2D eigenvalue weighted by molar-refractivity contribution is -0.893. The molecule has 0 aromatic heterocycles. The van der Waals surface area contributed by atoms with E-state index in [4.69, 9.17) is 0 Å². The molecule has 146 valence electrons. The number of nitrogens with zero attached hydrogens (tertiary/aromatic N) is 1. The van der Waals surface area contributed by atoms with E-state index in [1.165, 1.54) is 96.4 Å². The van der Waals surface area contributed by atoms with Crippen LogP contribution in [0.3, 0.4) is 0 Å². The molecule has 24 heavy (non-hydrogen) atoms. The number of alkyl halides is 1. The molecule has 0 aromatic rings. The number of aliphatic hydroxyl groups excluding tert-OH is 1. The van der Waals surface area contributed by atoms with Gasteiger partial charge in [0.1, 0.15) is 12.6 Å². The van der Waals surface area contributed by atoms with Crippen molar-refractivity contribution < 1.29 is 9.59 Å². The number of hydrogen-bond acceptors (Lipinski definition) is 1. The van der Waals surface area contributed by atoms with Gasteiger partial charge in [0.25, 0.3) is 0 Å². The van der Waals surface area contributed by atoms with Crippen LogP contribution in [0.25, 0.3) is 0 Å². The van der Waals surface area contributed by atoms with Gasteiger partial charge in [0.2, 0.25) is 0 Å². The summed E-state index contributed by atoms with van der Waals surface area (Å²) >= 11 is 3.35. The Labute approximate surface area is 161 Å². The second-order valence-corrected chi connectivity index (χ2v) is 8.89. The second kappa shape index (κ2) is 16.8. The maximum atomic E-state index is 9.75. The Morgan fingerprint density at radius 1 is 0.708 bits per heavy atom. The smallest absolute Gasteiger partial charge is 0.112 e. The number of rotatable bonds is 18. The first-order chi connectivity index (χ1) is 11.5. The fourth-order valence-corrected chi connectivity index (χ4v) is 3.65. The summed E-state index contributed by atoms with van der Waals surface area (Å²) in [4.78, 5) is 0. The van der Waals surface area contributed by atoms with Crippen molar-refractivity contribution in [3.8, 4) is 0 Å². The van der Waals surface area contributed by atoms with Crippen LogP contribution < -0.4 is 0 Å². The van der Waals surface area contributed by atoms with Gasteiger partial charge in [0.15, 0.2) is 0 Å². The van der Waals surface area contributed by atoms with E-state index < -0.39 is 0 Å². The molecule has 0 aliphatic rings. The van der Waals surface area contributed by atoms with Gasteiger partial charge < -0.3 is 9.59 Å². The normalized spacial score (nSPS) is 13.4. The van der Waals surface area contributed by atoms with Crippen LogP contribution in [0, 0.1) is 0 Å². The molecule has 0 rings (SSSR count). The van der Waals surface area contributed by atoms with E-state index in [2.05, 4.69) is 36.9 Å². The molecule has 2 nitrogen and oxygen atoms in total. The lowest BCUT2D eigenvalue weighted by atomic mass is 10.0. The molecule has 1 unspecified atom stereocenters. The van der Waals surface area contributed by atoms with Crippen LogP contribution in [-0.2, 0) is 0 Å². The Hall–Kier alpha value is 0.400. The predicted molar refractivity (Wildman–Crippen MR) is 112 cm³/mol. The van der Waals surface area contributed by atoms with Crippen molar-refractivity contribution >= 4 is 15.9 Å². The molecule has 0 heterocycles. The maximum Gasteiger partial charge on any atom is 0.112 e. The molecule has 0 saturated heterocycles. The molecule has 1 N–H and O–H groups in total. The van der Waals surface area contributed by atoms with E-state index in [0.29, 0.717) is 5.33 Å². The molecular weight excluding hydrogens is 362 g/mol. The number of unbranched alkanes of at least 4 members (excludes halogenated alkanes) is 13. The van der Waals surface area contributed by atoms with Gasteiger partial charge in [0, 0.05) is 5.33 Å². The van der Waals surface area contributed by atoms with Gasteiger partial charge in [-0.1, -0.05) is 99.9 Å². The Morgan fingerprint density at radius 3 is 1.46 bits per heavy atom. The van der Waals surface area contributed by atoms with Crippen molar-refractivity contribution in [3.63, 3.8) is 0 Å². The van der Waals surface area contributed by atoms with Gasteiger partial charge in [-0.3, -0.25) is 0 Å². The topological polar surface area (TPSA) is 20.2 Å². The summed E-state index contributed by atoms with van der Waals surface area (Å²) in [6, 6.07) is 0. The Morgan fingerprint density at radius 2 is 1.08 bits per heavy atom. The third-order valence-corrected chi connectivity index (χ3v) is 5.75. The van der Waals surface area contributed by atoms with Crippen molar-refractivity contribution in [2.45, 2.75) is 103 Å². The Kier molecular flexibility index (Phi) is 17.1. The van der Waals surface area contributed by atoms with Gasteiger partial charge in [-0.2, -0.15) is 0 Å². The third-order valence-electron chi connectivity index (χ3n) is 5.00. The van der Waals surface area contributed by atoms with Crippen molar-refractivity contribution in [1.82, 2.24) is 0 Å². The lowest BCUT2D eigenvalue weighted by Crippen LogP contribution is -2.46. The minimum Gasteiger partial charge on any atom is -0.386 e.